The Balaban J connectivity index is 0.00000312. The fourth-order valence-corrected chi connectivity index (χ4v) is 6.14. The van der Waals surface area contributed by atoms with Gasteiger partial charge in [-0.2, -0.15) is 0 Å². The van der Waals surface area contributed by atoms with E-state index in [0.29, 0.717) is 49.7 Å². The number of carbonyl (C=O) groups is 1. The molecule has 0 saturated heterocycles. The summed E-state index contributed by atoms with van der Waals surface area (Å²) in [6.07, 6.45) is 0. The van der Waals surface area contributed by atoms with Crippen LogP contribution in [0, 0.1) is 0 Å². The number of carboxylic acids is 1. The highest BCUT2D eigenvalue weighted by atomic mass is 35.5. The molecule has 0 bridgehead atoms. The Hall–Kier alpha value is -6.12. The normalized spacial score (nSPS) is 11.5. The van der Waals surface area contributed by atoms with Crippen LogP contribution >= 0.6 is 12.4 Å². The summed E-state index contributed by atoms with van der Waals surface area (Å²) in [7, 11) is 0. The maximum absolute atomic E-state index is 13.0. The molecule has 0 fully saturated rings. The Morgan fingerprint density at radius 1 is 0.391 bits per heavy atom. The lowest BCUT2D eigenvalue weighted by Gasteiger charge is -2.18. The van der Waals surface area contributed by atoms with Crippen molar-refractivity contribution in [1.82, 2.24) is 29.9 Å². The van der Waals surface area contributed by atoms with Crippen LogP contribution in [0.3, 0.4) is 0 Å². The molecule has 3 heterocycles. The van der Waals surface area contributed by atoms with Crippen molar-refractivity contribution in [2.75, 3.05) is 0 Å². The summed E-state index contributed by atoms with van der Waals surface area (Å²) in [6.45, 7) is 0. The molecule has 0 spiro atoms. The number of fused-ring (bicyclic) bond motifs is 6. The molecule has 46 heavy (non-hydrogen) atoms. The van der Waals surface area contributed by atoms with Gasteiger partial charge in [0.05, 0.1) is 71.8 Å². The summed E-state index contributed by atoms with van der Waals surface area (Å²) in [4.78, 5) is 42.8. The molecule has 9 rings (SSSR count). The largest absolute Gasteiger partial charge is 0.478 e. The van der Waals surface area contributed by atoms with E-state index in [9.17, 15) is 9.90 Å². The smallest absolute Gasteiger partial charge is 0.336 e. The first kappa shape index (κ1) is 27.4. The van der Waals surface area contributed by atoms with Gasteiger partial charge in [-0.3, -0.25) is 0 Å². The summed E-state index contributed by atoms with van der Waals surface area (Å²) in [6, 6.07) is 36.0. The minimum absolute atomic E-state index is 0. The Morgan fingerprint density at radius 3 is 1.33 bits per heavy atom. The van der Waals surface area contributed by atoms with Crippen LogP contribution in [0.5, 0.6) is 0 Å². The molecular formula is C37H21ClN6O2. The molecule has 0 aliphatic heterocycles. The Morgan fingerprint density at radius 2 is 0.804 bits per heavy atom. The minimum Gasteiger partial charge on any atom is -0.478 e. The van der Waals surface area contributed by atoms with E-state index >= 15 is 0 Å². The van der Waals surface area contributed by atoms with Crippen molar-refractivity contribution in [3.05, 3.63) is 121 Å². The predicted molar refractivity (Wildman–Crippen MR) is 183 cm³/mol. The lowest BCUT2D eigenvalue weighted by atomic mass is 9.88. The van der Waals surface area contributed by atoms with Gasteiger partial charge in [0.2, 0.25) is 0 Å². The van der Waals surface area contributed by atoms with E-state index in [1.165, 1.54) is 0 Å². The number of nitrogens with zero attached hydrogens (tertiary/aromatic N) is 6. The molecule has 218 valence electrons. The van der Waals surface area contributed by atoms with Gasteiger partial charge >= 0.3 is 5.97 Å². The van der Waals surface area contributed by atoms with Crippen molar-refractivity contribution in [3.63, 3.8) is 0 Å². The third-order valence-electron chi connectivity index (χ3n) is 8.16. The Bertz CT molecular complexity index is 2710. The molecule has 3 aromatic heterocycles. The fourth-order valence-electron chi connectivity index (χ4n) is 6.14. The molecule has 6 aromatic carbocycles. The summed E-state index contributed by atoms with van der Waals surface area (Å²) in [5, 5.41) is 10.6. The van der Waals surface area contributed by atoms with Crippen molar-refractivity contribution < 1.29 is 9.90 Å². The molecule has 9 heteroatoms. The van der Waals surface area contributed by atoms with E-state index in [1.807, 2.05) is 103 Å². The van der Waals surface area contributed by atoms with E-state index in [2.05, 4.69) is 0 Å². The maximum Gasteiger partial charge on any atom is 0.336 e. The zero-order valence-electron chi connectivity index (χ0n) is 23.9. The molecule has 0 radical (unpaired) electrons. The molecule has 0 saturated carbocycles. The van der Waals surface area contributed by atoms with E-state index in [-0.39, 0.29) is 18.0 Å². The highest BCUT2D eigenvalue weighted by Gasteiger charge is 2.25. The van der Waals surface area contributed by atoms with E-state index < -0.39 is 5.97 Å². The van der Waals surface area contributed by atoms with Crippen LogP contribution in [0.15, 0.2) is 115 Å². The van der Waals surface area contributed by atoms with E-state index in [0.717, 1.165) is 38.7 Å². The van der Waals surface area contributed by atoms with Crippen LogP contribution < -0.4 is 0 Å². The van der Waals surface area contributed by atoms with Gasteiger partial charge in [0.15, 0.2) is 0 Å². The summed E-state index contributed by atoms with van der Waals surface area (Å²) in [5.74, 6) is -1.08. The molecule has 0 unspecified atom stereocenters. The number of aromatic carboxylic acids is 1. The second-order valence-electron chi connectivity index (χ2n) is 10.8. The van der Waals surface area contributed by atoms with Gasteiger partial charge in [0.1, 0.15) is 0 Å². The first-order chi connectivity index (χ1) is 22.1. The second-order valence-corrected chi connectivity index (χ2v) is 10.8. The van der Waals surface area contributed by atoms with Crippen LogP contribution in [-0.4, -0.2) is 41.0 Å². The van der Waals surface area contributed by atoms with Gasteiger partial charge < -0.3 is 5.11 Å². The van der Waals surface area contributed by atoms with Crippen molar-refractivity contribution in [1.29, 1.82) is 0 Å². The number of aromatic nitrogens is 6. The predicted octanol–water partition coefficient (Wildman–Crippen LogP) is 8.43. The van der Waals surface area contributed by atoms with Crippen LogP contribution in [0.25, 0.3) is 88.5 Å². The van der Waals surface area contributed by atoms with Gasteiger partial charge in [-0.05, 0) is 66.2 Å². The van der Waals surface area contributed by atoms with Gasteiger partial charge in [0.25, 0.3) is 0 Å². The Kier molecular flexibility index (Phi) is 6.26. The van der Waals surface area contributed by atoms with Crippen molar-refractivity contribution in [2.45, 2.75) is 0 Å². The summed E-state index contributed by atoms with van der Waals surface area (Å²) in [5.41, 5.74) is 10.7. The summed E-state index contributed by atoms with van der Waals surface area (Å²) < 4.78 is 0. The first-order valence-corrected chi connectivity index (χ1v) is 14.4. The number of halogens is 1. The molecule has 0 aliphatic carbocycles. The SMILES string of the molecule is Cl.O=C(O)c1ccc2nc3ccccc3nc2c1-c1c(-c2cccc3nc4ccccc4nc23)ccc2nc3ccccc3nc12. The van der Waals surface area contributed by atoms with Gasteiger partial charge in [-0.15, -0.1) is 12.4 Å². The average Bonchev–Trinajstić information content (AvgIpc) is 3.07. The van der Waals surface area contributed by atoms with Crippen LogP contribution in [0.2, 0.25) is 0 Å². The van der Waals surface area contributed by atoms with Gasteiger partial charge in [-0.25, -0.2) is 34.7 Å². The van der Waals surface area contributed by atoms with Crippen molar-refractivity contribution in [2.24, 2.45) is 0 Å². The molecule has 9 aromatic rings. The second kappa shape index (κ2) is 10.5. The fraction of sp³-hybridized carbons (Fsp3) is 0. The molecule has 1 N–H and O–H groups in total. The van der Waals surface area contributed by atoms with Gasteiger partial charge in [0, 0.05) is 16.7 Å². The number of rotatable bonds is 3. The monoisotopic (exact) mass is 616 g/mol. The zero-order valence-corrected chi connectivity index (χ0v) is 24.7. The van der Waals surface area contributed by atoms with Gasteiger partial charge in [-0.1, -0.05) is 54.6 Å². The third-order valence-corrected chi connectivity index (χ3v) is 8.16. The first-order valence-electron chi connectivity index (χ1n) is 14.4. The average molecular weight is 617 g/mol. The quantitative estimate of drug-likeness (QED) is 0.197. The maximum atomic E-state index is 13.0. The number of para-hydroxylation sites is 7. The highest BCUT2D eigenvalue weighted by Crippen LogP contribution is 2.43. The lowest BCUT2D eigenvalue weighted by molar-refractivity contribution is 0.0698. The van der Waals surface area contributed by atoms with Crippen LogP contribution in [0.1, 0.15) is 10.4 Å². The molecule has 0 atom stereocenters. The number of carboxylic acid groups (broad SMARTS) is 1. The molecule has 8 nitrogen and oxygen atoms in total. The Labute approximate surface area is 266 Å². The van der Waals surface area contributed by atoms with Crippen molar-refractivity contribution >= 4 is 84.6 Å². The van der Waals surface area contributed by atoms with E-state index in [1.54, 1.807) is 12.1 Å². The lowest BCUT2D eigenvalue weighted by Crippen LogP contribution is -2.04. The molecule has 0 amide bonds. The zero-order chi connectivity index (χ0) is 30.1. The summed E-state index contributed by atoms with van der Waals surface area (Å²) >= 11 is 0. The van der Waals surface area contributed by atoms with Crippen LogP contribution in [0.4, 0.5) is 0 Å². The minimum atomic E-state index is -1.08. The van der Waals surface area contributed by atoms with E-state index in [4.69, 9.17) is 29.9 Å². The van der Waals surface area contributed by atoms with Crippen molar-refractivity contribution in [3.8, 4) is 22.3 Å². The number of hydrogen-bond acceptors (Lipinski definition) is 7. The highest BCUT2D eigenvalue weighted by molar-refractivity contribution is 6.16. The molecule has 0 aliphatic rings. The topological polar surface area (TPSA) is 115 Å². The number of hydrogen-bond donors (Lipinski definition) is 1. The van der Waals surface area contributed by atoms with Crippen LogP contribution in [-0.2, 0) is 0 Å². The standard InChI is InChI=1S/C37H20N6O2.ClH/c44-37(45)22-17-19-31-36(43-28-14-6-3-11-25(28)40-31)33(22)32-20(16-18-30-35(32)42-27-13-5-2-10-24(27)39-30)21-8-7-15-29-34(21)41-26-12-4-1-9-23(26)38-29;/h1-19H,(H,44,45);1H. The molecular weight excluding hydrogens is 596 g/mol. The number of benzene rings is 6. The third kappa shape index (κ3) is 4.19.